The molecule has 86 valence electrons. The second kappa shape index (κ2) is 4.18. The summed E-state index contributed by atoms with van der Waals surface area (Å²) >= 11 is 0. The highest BCUT2D eigenvalue weighted by Crippen LogP contribution is 2.08. The third-order valence-corrected chi connectivity index (χ3v) is 2.19. The molecule has 1 atom stereocenters. The van der Waals surface area contributed by atoms with Gasteiger partial charge in [0.2, 0.25) is 11.8 Å². The number of nitrogens with zero attached hydrogens (tertiary/aromatic N) is 1. The number of hydrogen-bond acceptors (Lipinski definition) is 3. The Morgan fingerprint density at radius 3 is 2.60 bits per heavy atom. The van der Waals surface area contributed by atoms with E-state index in [1.165, 1.54) is 4.90 Å². The smallest absolute Gasteiger partial charge is 0.240 e. The van der Waals surface area contributed by atoms with Crippen molar-refractivity contribution in [2.75, 3.05) is 13.1 Å². The van der Waals surface area contributed by atoms with Gasteiger partial charge in [0.05, 0.1) is 12.6 Å². The lowest BCUT2D eigenvalue weighted by Crippen LogP contribution is -2.47. The summed E-state index contributed by atoms with van der Waals surface area (Å²) in [5, 5.41) is 2.81. The molecule has 1 unspecified atom stereocenters. The van der Waals surface area contributed by atoms with Gasteiger partial charge in [0.1, 0.15) is 0 Å². The average molecular weight is 213 g/mol. The van der Waals surface area contributed by atoms with E-state index in [4.69, 9.17) is 5.73 Å². The van der Waals surface area contributed by atoms with Gasteiger partial charge < -0.3 is 16.0 Å². The minimum atomic E-state index is -0.424. The molecule has 3 N–H and O–H groups in total. The summed E-state index contributed by atoms with van der Waals surface area (Å²) in [4.78, 5) is 24.5. The number of amides is 2. The van der Waals surface area contributed by atoms with E-state index in [9.17, 15) is 9.59 Å². The van der Waals surface area contributed by atoms with Gasteiger partial charge in [0.15, 0.2) is 0 Å². The molecule has 1 rings (SSSR count). The first-order valence-corrected chi connectivity index (χ1v) is 5.15. The maximum Gasteiger partial charge on any atom is 0.240 e. The Kier molecular flexibility index (Phi) is 3.34. The first-order chi connectivity index (χ1) is 6.79. The molecule has 1 aliphatic heterocycles. The first kappa shape index (κ1) is 12.0. The number of carbonyl (C=O) groups is 2. The van der Waals surface area contributed by atoms with Crippen molar-refractivity contribution < 1.29 is 9.59 Å². The quantitative estimate of drug-likeness (QED) is 0.647. The summed E-state index contributed by atoms with van der Waals surface area (Å²) in [7, 11) is 0. The average Bonchev–Trinajstić information content (AvgIpc) is 2.32. The predicted molar refractivity (Wildman–Crippen MR) is 57.1 cm³/mol. The van der Waals surface area contributed by atoms with Gasteiger partial charge in [-0.15, -0.1) is 0 Å². The largest absolute Gasteiger partial charge is 0.350 e. The van der Waals surface area contributed by atoms with Gasteiger partial charge in [-0.1, -0.05) is 0 Å². The second-order valence-corrected chi connectivity index (χ2v) is 4.95. The summed E-state index contributed by atoms with van der Waals surface area (Å²) in [5.41, 5.74) is 5.29. The molecule has 15 heavy (non-hydrogen) atoms. The molecule has 0 spiro atoms. The standard InChI is InChI=1S/C10H19N3O2/c1-10(2,3)12-8(14)6-13-5-4-7(11)9(13)15/h7H,4-6,11H2,1-3H3,(H,12,14). The summed E-state index contributed by atoms with van der Waals surface area (Å²) < 4.78 is 0. The van der Waals surface area contributed by atoms with E-state index in [1.54, 1.807) is 0 Å². The van der Waals surface area contributed by atoms with Crippen LogP contribution in [-0.2, 0) is 9.59 Å². The molecule has 1 heterocycles. The molecular weight excluding hydrogens is 194 g/mol. The summed E-state index contributed by atoms with van der Waals surface area (Å²) in [5.74, 6) is -0.260. The summed E-state index contributed by atoms with van der Waals surface area (Å²) in [6.45, 7) is 6.41. The fraction of sp³-hybridized carbons (Fsp3) is 0.800. The van der Waals surface area contributed by atoms with Crippen LogP contribution in [0.3, 0.4) is 0 Å². The Bertz CT molecular complexity index is 270. The van der Waals surface area contributed by atoms with Crippen LogP contribution in [0.25, 0.3) is 0 Å². The van der Waals surface area contributed by atoms with E-state index in [0.717, 1.165) is 0 Å². The van der Waals surface area contributed by atoms with Gasteiger partial charge in [0, 0.05) is 12.1 Å². The molecule has 1 fully saturated rings. The zero-order valence-corrected chi connectivity index (χ0v) is 9.54. The van der Waals surface area contributed by atoms with Crippen LogP contribution in [0, 0.1) is 0 Å². The third kappa shape index (κ3) is 3.51. The molecule has 0 aromatic heterocycles. The molecule has 0 saturated carbocycles. The summed E-state index contributed by atoms with van der Waals surface area (Å²) in [6, 6.07) is -0.424. The van der Waals surface area contributed by atoms with Crippen LogP contribution in [0.15, 0.2) is 0 Å². The highest BCUT2D eigenvalue weighted by Gasteiger charge is 2.30. The number of nitrogens with two attached hydrogens (primary N) is 1. The van der Waals surface area contributed by atoms with E-state index in [-0.39, 0.29) is 23.9 Å². The van der Waals surface area contributed by atoms with Gasteiger partial charge in [-0.3, -0.25) is 9.59 Å². The molecule has 0 aliphatic carbocycles. The van der Waals surface area contributed by atoms with Crippen molar-refractivity contribution in [1.29, 1.82) is 0 Å². The molecule has 5 nitrogen and oxygen atoms in total. The minimum Gasteiger partial charge on any atom is -0.350 e. The number of carbonyl (C=O) groups excluding carboxylic acids is 2. The van der Waals surface area contributed by atoms with Crippen LogP contribution < -0.4 is 11.1 Å². The summed E-state index contributed by atoms with van der Waals surface area (Å²) in [6.07, 6.45) is 0.641. The van der Waals surface area contributed by atoms with Crippen molar-refractivity contribution in [3.8, 4) is 0 Å². The van der Waals surface area contributed by atoms with Gasteiger partial charge >= 0.3 is 0 Å². The molecule has 0 aromatic carbocycles. The fourth-order valence-corrected chi connectivity index (χ4v) is 1.55. The minimum absolute atomic E-state index is 0.115. The number of nitrogens with one attached hydrogen (secondary N) is 1. The monoisotopic (exact) mass is 213 g/mol. The van der Waals surface area contributed by atoms with Crippen LogP contribution in [0.2, 0.25) is 0 Å². The molecule has 1 saturated heterocycles. The Balaban J connectivity index is 2.43. The van der Waals surface area contributed by atoms with Crippen molar-refractivity contribution in [3.63, 3.8) is 0 Å². The van der Waals surface area contributed by atoms with Crippen LogP contribution in [-0.4, -0.2) is 41.4 Å². The van der Waals surface area contributed by atoms with Crippen LogP contribution in [0.5, 0.6) is 0 Å². The van der Waals surface area contributed by atoms with Gasteiger partial charge in [0.25, 0.3) is 0 Å². The molecule has 5 heteroatoms. The molecule has 0 aromatic rings. The Labute approximate surface area is 90.0 Å². The van der Waals surface area contributed by atoms with Gasteiger partial charge in [-0.2, -0.15) is 0 Å². The van der Waals surface area contributed by atoms with E-state index in [1.807, 2.05) is 20.8 Å². The molecule has 1 aliphatic rings. The van der Waals surface area contributed by atoms with Crippen molar-refractivity contribution in [2.24, 2.45) is 5.73 Å². The maximum absolute atomic E-state index is 11.5. The van der Waals surface area contributed by atoms with Crippen molar-refractivity contribution >= 4 is 11.8 Å². The zero-order valence-electron chi connectivity index (χ0n) is 9.54. The van der Waals surface area contributed by atoms with Gasteiger partial charge in [-0.05, 0) is 27.2 Å². The second-order valence-electron chi connectivity index (χ2n) is 4.95. The van der Waals surface area contributed by atoms with Gasteiger partial charge in [-0.25, -0.2) is 0 Å². The first-order valence-electron chi connectivity index (χ1n) is 5.15. The predicted octanol–water partition coefficient (Wildman–Crippen LogP) is -0.539. The van der Waals surface area contributed by atoms with E-state index in [2.05, 4.69) is 5.32 Å². The lowest BCUT2D eigenvalue weighted by atomic mass is 10.1. The van der Waals surface area contributed by atoms with Crippen LogP contribution in [0.4, 0.5) is 0 Å². The molecule has 0 bridgehead atoms. The number of likely N-dealkylation sites (tertiary alicyclic amines) is 1. The lowest BCUT2D eigenvalue weighted by Gasteiger charge is -2.23. The highest BCUT2D eigenvalue weighted by molar-refractivity contribution is 5.89. The van der Waals surface area contributed by atoms with Crippen molar-refractivity contribution in [3.05, 3.63) is 0 Å². The van der Waals surface area contributed by atoms with E-state index < -0.39 is 6.04 Å². The Hall–Kier alpha value is -1.10. The molecular formula is C10H19N3O2. The van der Waals surface area contributed by atoms with Crippen molar-refractivity contribution in [2.45, 2.75) is 38.8 Å². The Morgan fingerprint density at radius 2 is 2.20 bits per heavy atom. The van der Waals surface area contributed by atoms with E-state index in [0.29, 0.717) is 13.0 Å². The van der Waals surface area contributed by atoms with Crippen molar-refractivity contribution in [1.82, 2.24) is 10.2 Å². The zero-order chi connectivity index (χ0) is 11.6. The Morgan fingerprint density at radius 1 is 1.60 bits per heavy atom. The maximum atomic E-state index is 11.5. The highest BCUT2D eigenvalue weighted by atomic mass is 16.2. The normalized spacial score (nSPS) is 22.0. The van der Waals surface area contributed by atoms with Crippen LogP contribution >= 0.6 is 0 Å². The number of hydrogen-bond donors (Lipinski definition) is 2. The topological polar surface area (TPSA) is 75.4 Å². The lowest BCUT2D eigenvalue weighted by molar-refractivity contribution is -0.134. The molecule has 2 amide bonds. The number of rotatable bonds is 2. The van der Waals surface area contributed by atoms with E-state index >= 15 is 0 Å². The van der Waals surface area contributed by atoms with Crippen LogP contribution in [0.1, 0.15) is 27.2 Å². The molecule has 0 radical (unpaired) electrons. The third-order valence-electron chi connectivity index (χ3n) is 2.19. The SMILES string of the molecule is CC(C)(C)NC(=O)CN1CCC(N)C1=O. The fourth-order valence-electron chi connectivity index (χ4n) is 1.55.